The van der Waals surface area contributed by atoms with Crippen molar-refractivity contribution in [2.75, 3.05) is 0 Å². The number of fused-ring (bicyclic) bond motifs is 5. The van der Waals surface area contributed by atoms with Gasteiger partial charge in [0.2, 0.25) is 0 Å². The van der Waals surface area contributed by atoms with Crippen LogP contribution in [0.2, 0.25) is 0 Å². The van der Waals surface area contributed by atoms with Crippen LogP contribution in [0.4, 0.5) is 0 Å². The van der Waals surface area contributed by atoms with E-state index >= 15 is 0 Å². The largest absolute Gasteiger partial charge is 0.389 e. The second-order valence-electron chi connectivity index (χ2n) is 13.2. The van der Waals surface area contributed by atoms with E-state index in [1.165, 1.54) is 70.6 Å². The highest BCUT2D eigenvalue weighted by Gasteiger charge is 2.59. The fourth-order valence-corrected chi connectivity index (χ4v) is 9.55. The van der Waals surface area contributed by atoms with Crippen LogP contribution in [-0.4, -0.2) is 11.2 Å². The average Bonchev–Trinajstić information content (AvgIpc) is 3.08. The SMILES string of the molecule is CCC[C@H](CC[C@@H](C)[C@H]1CC[C@H]2[C@@H]3CCC4=CC(O)CC[C@]4(C)[C@H]3CC[C@]12C)C(C)C. The summed E-state index contributed by atoms with van der Waals surface area (Å²) in [5.41, 5.74) is 2.59. The third-order valence-electron chi connectivity index (χ3n) is 11.4. The summed E-state index contributed by atoms with van der Waals surface area (Å²) in [6.45, 7) is 15.1. The Balaban J connectivity index is 1.45. The van der Waals surface area contributed by atoms with Crippen molar-refractivity contribution in [1.29, 1.82) is 0 Å². The fourth-order valence-electron chi connectivity index (χ4n) is 9.55. The normalized spacial score (nSPS) is 44.3. The summed E-state index contributed by atoms with van der Waals surface area (Å²) in [5, 5.41) is 10.2. The molecule has 0 spiro atoms. The van der Waals surface area contributed by atoms with Crippen molar-refractivity contribution in [2.24, 2.45) is 52.3 Å². The van der Waals surface area contributed by atoms with Gasteiger partial charge in [0.25, 0.3) is 0 Å². The van der Waals surface area contributed by atoms with E-state index in [4.69, 9.17) is 0 Å². The molecule has 4 aliphatic carbocycles. The Hall–Kier alpha value is -0.300. The number of aliphatic hydroxyl groups excluding tert-OH is 1. The molecule has 0 radical (unpaired) electrons. The summed E-state index contributed by atoms with van der Waals surface area (Å²) in [5.74, 6) is 6.39. The Kier molecular flexibility index (Phi) is 7.04. The molecule has 0 amide bonds. The average molecular weight is 429 g/mol. The predicted octanol–water partition coefficient (Wildman–Crippen LogP) is 8.41. The third-order valence-corrected chi connectivity index (χ3v) is 11.4. The lowest BCUT2D eigenvalue weighted by atomic mass is 9.46. The van der Waals surface area contributed by atoms with Crippen LogP contribution >= 0.6 is 0 Å². The van der Waals surface area contributed by atoms with Gasteiger partial charge in [-0.3, -0.25) is 0 Å². The third kappa shape index (κ3) is 4.20. The van der Waals surface area contributed by atoms with Gasteiger partial charge in [-0.2, -0.15) is 0 Å². The lowest BCUT2D eigenvalue weighted by Gasteiger charge is -2.59. The zero-order chi connectivity index (χ0) is 22.4. The quantitative estimate of drug-likeness (QED) is 0.403. The maximum atomic E-state index is 10.2. The molecule has 0 aromatic carbocycles. The molecule has 3 fully saturated rings. The Morgan fingerprint density at radius 2 is 1.71 bits per heavy atom. The zero-order valence-electron chi connectivity index (χ0n) is 21.6. The van der Waals surface area contributed by atoms with Crippen LogP contribution in [0.1, 0.15) is 119 Å². The molecule has 31 heavy (non-hydrogen) atoms. The molecule has 9 atom stereocenters. The van der Waals surface area contributed by atoms with Crippen LogP contribution < -0.4 is 0 Å². The van der Waals surface area contributed by atoms with Gasteiger partial charge >= 0.3 is 0 Å². The standard InChI is InChI=1S/C30H52O/c1-7-8-22(20(2)3)10-9-21(4)26-13-14-27-25-12-11-23-19-24(31)15-17-29(23,5)28(25)16-18-30(26,27)6/h19-22,24-28,31H,7-18H2,1-6H3/t21-,22-,24?,25+,26-,27+,28+,29+,30-/m1/s1. The summed E-state index contributed by atoms with van der Waals surface area (Å²) < 4.78 is 0. The molecule has 178 valence electrons. The maximum absolute atomic E-state index is 10.2. The molecule has 4 aliphatic rings. The number of hydrogen-bond acceptors (Lipinski definition) is 1. The first-order chi connectivity index (χ1) is 14.7. The van der Waals surface area contributed by atoms with E-state index in [9.17, 15) is 5.11 Å². The molecule has 1 nitrogen and oxygen atoms in total. The van der Waals surface area contributed by atoms with Gasteiger partial charge < -0.3 is 5.11 Å². The van der Waals surface area contributed by atoms with Crippen LogP contribution in [0.5, 0.6) is 0 Å². The van der Waals surface area contributed by atoms with Gasteiger partial charge in [0.05, 0.1) is 6.10 Å². The van der Waals surface area contributed by atoms with E-state index in [-0.39, 0.29) is 6.10 Å². The van der Waals surface area contributed by atoms with Crippen molar-refractivity contribution < 1.29 is 5.11 Å². The van der Waals surface area contributed by atoms with E-state index in [1.807, 2.05) is 0 Å². The van der Waals surface area contributed by atoms with Gasteiger partial charge in [-0.15, -0.1) is 0 Å². The zero-order valence-corrected chi connectivity index (χ0v) is 21.6. The molecule has 1 heteroatoms. The van der Waals surface area contributed by atoms with E-state index in [0.717, 1.165) is 47.8 Å². The van der Waals surface area contributed by atoms with E-state index in [2.05, 4.69) is 47.6 Å². The smallest absolute Gasteiger partial charge is 0.0724 e. The van der Waals surface area contributed by atoms with Crippen LogP contribution in [-0.2, 0) is 0 Å². The van der Waals surface area contributed by atoms with Crippen molar-refractivity contribution in [3.8, 4) is 0 Å². The molecule has 3 saturated carbocycles. The van der Waals surface area contributed by atoms with E-state index in [1.54, 1.807) is 5.57 Å². The van der Waals surface area contributed by atoms with Crippen LogP contribution in [0.3, 0.4) is 0 Å². The molecule has 0 aromatic rings. The van der Waals surface area contributed by atoms with Crippen molar-refractivity contribution in [3.05, 3.63) is 11.6 Å². The first-order valence-corrected chi connectivity index (χ1v) is 14.1. The van der Waals surface area contributed by atoms with Gasteiger partial charge in [-0.1, -0.05) is 72.5 Å². The summed E-state index contributed by atoms with van der Waals surface area (Å²) in [4.78, 5) is 0. The molecular weight excluding hydrogens is 376 g/mol. The topological polar surface area (TPSA) is 20.2 Å². The van der Waals surface area contributed by atoms with E-state index in [0.29, 0.717) is 10.8 Å². The highest BCUT2D eigenvalue weighted by molar-refractivity contribution is 5.25. The minimum Gasteiger partial charge on any atom is -0.389 e. The van der Waals surface area contributed by atoms with Gasteiger partial charge in [0, 0.05) is 0 Å². The van der Waals surface area contributed by atoms with Crippen molar-refractivity contribution in [3.63, 3.8) is 0 Å². The number of aliphatic hydroxyl groups is 1. The molecule has 0 saturated heterocycles. The molecule has 4 rings (SSSR count). The Bertz CT molecular complexity index is 649. The second kappa shape index (κ2) is 9.15. The lowest BCUT2D eigenvalue weighted by molar-refractivity contribution is -0.0629. The van der Waals surface area contributed by atoms with Gasteiger partial charge in [0.1, 0.15) is 0 Å². The highest BCUT2D eigenvalue weighted by Crippen LogP contribution is 2.67. The molecule has 0 bridgehead atoms. The lowest BCUT2D eigenvalue weighted by Crippen LogP contribution is -2.51. The maximum Gasteiger partial charge on any atom is 0.0724 e. The highest BCUT2D eigenvalue weighted by atomic mass is 16.3. The van der Waals surface area contributed by atoms with Gasteiger partial charge in [-0.25, -0.2) is 0 Å². The van der Waals surface area contributed by atoms with Crippen molar-refractivity contribution >= 4 is 0 Å². The van der Waals surface area contributed by atoms with Gasteiger partial charge in [-0.05, 0) is 110 Å². The minimum atomic E-state index is -0.174. The van der Waals surface area contributed by atoms with Gasteiger partial charge in [0.15, 0.2) is 0 Å². The molecule has 1 unspecified atom stereocenters. The Morgan fingerprint density at radius 1 is 0.935 bits per heavy atom. The summed E-state index contributed by atoms with van der Waals surface area (Å²) in [6, 6.07) is 0. The van der Waals surface area contributed by atoms with E-state index < -0.39 is 0 Å². The molecule has 0 aromatic heterocycles. The number of allylic oxidation sites excluding steroid dienone is 1. The fraction of sp³-hybridized carbons (Fsp3) is 0.933. The molecule has 0 heterocycles. The Morgan fingerprint density at radius 3 is 2.42 bits per heavy atom. The van der Waals surface area contributed by atoms with Crippen molar-refractivity contribution in [2.45, 2.75) is 125 Å². The molecular formula is C30H52O. The Labute approximate surface area is 193 Å². The van der Waals surface area contributed by atoms with Crippen LogP contribution in [0, 0.1) is 52.3 Å². The monoisotopic (exact) mass is 428 g/mol. The van der Waals surface area contributed by atoms with Crippen LogP contribution in [0.25, 0.3) is 0 Å². The first-order valence-electron chi connectivity index (χ1n) is 14.1. The number of hydrogen-bond donors (Lipinski definition) is 1. The minimum absolute atomic E-state index is 0.174. The summed E-state index contributed by atoms with van der Waals surface area (Å²) in [7, 11) is 0. The van der Waals surface area contributed by atoms with Crippen molar-refractivity contribution in [1.82, 2.24) is 0 Å². The number of rotatable bonds is 7. The summed E-state index contributed by atoms with van der Waals surface area (Å²) >= 11 is 0. The molecule has 0 aliphatic heterocycles. The predicted molar refractivity (Wildman–Crippen MR) is 133 cm³/mol. The van der Waals surface area contributed by atoms with Crippen LogP contribution in [0.15, 0.2) is 11.6 Å². The first kappa shape index (κ1) is 23.8. The summed E-state index contributed by atoms with van der Waals surface area (Å²) in [6.07, 6.45) is 18.5. The molecule has 1 N–H and O–H groups in total. The second-order valence-corrected chi connectivity index (χ2v) is 13.2.